The summed E-state index contributed by atoms with van der Waals surface area (Å²) in [7, 11) is 0. The number of carbonyl (C=O) groups excluding carboxylic acids is 1. The van der Waals surface area contributed by atoms with Crippen molar-refractivity contribution in [2.45, 2.75) is 45.1 Å². The average molecular weight is 367 g/mol. The third-order valence-corrected chi connectivity index (χ3v) is 5.18. The maximum Gasteiger partial charge on any atom is 0.246 e. The number of ether oxygens (including phenoxy) is 1. The van der Waals surface area contributed by atoms with Crippen LogP contribution in [0.2, 0.25) is 0 Å². The first-order chi connectivity index (χ1) is 13.3. The molecule has 1 fully saturated rings. The predicted octanol–water partition coefficient (Wildman–Crippen LogP) is 4.94. The van der Waals surface area contributed by atoms with Crippen molar-refractivity contribution in [1.29, 1.82) is 0 Å². The van der Waals surface area contributed by atoms with Gasteiger partial charge in [-0.2, -0.15) is 0 Å². The average Bonchev–Trinajstić information content (AvgIpc) is 2.71. The molecule has 1 saturated carbocycles. The molecule has 1 aliphatic carbocycles. The summed E-state index contributed by atoms with van der Waals surface area (Å²) in [5.41, 5.74) is 1.70. The Balaban J connectivity index is 1.72. The maximum absolute atomic E-state index is 13.1. The zero-order valence-electron chi connectivity index (χ0n) is 16.1. The van der Waals surface area contributed by atoms with Gasteiger partial charge in [0, 0.05) is 0 Å². The molecule has 0 spiro atoms. The van der Waals surface area contributed by atoms with E-state index in [0.29, 0.717) is 24.0 Å². The van der Waals surface area contributed by atoms with Gasteiger partial charge in [0.2, 0.25) is 5.91 Å². The first-order valence-electron chi connectivity index (χ1n) is 10.1. The molecule has 1 atom stereocenters. The quantitative estimate of drug-likeness (QED) is 0.696. The lowest BCUT2D eigenvalue weighted by atomic mass is 9.89. The highest BCUT2D eigenvalue weighted by atomic mass is 16.5. The van der Waals surface area contributed by atoms with Crippen LogP contribution < -0.4 is 15.4 Å². The van der Waals surface area contributed by atoms with Crippen LogP contribution in [0.4, 0.5) is 5.69 Å². The van der Waals surface area contributed by atoms with E-state index >= 15 is 0 Å². The molecule has 2 N–H and O–H groups in total. The van der Waals surface area contributed by atoms with Gasteiger partial charge in [-0.3, -0.25) is 4.79 Å². The van der Waals surface area contributed by atoms with Gasteiger partial charge in [0.1, 0.15) is 11.8 Å². The molecule has 144 valence electrons. The summed E-state index contributed by atoms with van der Waals surface area (Å²) in [4.78, 5) is 13.1. The summed E-state index contributed by atoms with van der Waals surface area (Å²) in [5.74, 6) is 1.31. The van der Waals surface area contributed by atoms with Crippen molar-refractivity contribution >= 4 is 11.6 Å². The lowest BCUT2D eigenvalue weighted by molar-refractivity contribution is -0.118. The van der Waals surface area contributed by atoms with Crippen molar-refractivity contribution in [1.82, 2.24) is 5.32 Å². The van der Waals surface area contributed by atoms with E-state index in [1.54, 1.807) is 0 Å². The molecule has 2 aromatic carbocycles. The third-order valence-electron chi connectivity index (χ3n) is 5.18. The molecular weight excluding hydrogens is 336 g/mol. The number of nitrogens with one attached hydrogen (secondary N) is 2. The van der Waals surface area contributed by atoms with Crippen LogP contribution in [0.25, 0.3) is 0 Å². The van der Waals surface area contributed by atoms with E-state index in [4.69, 9.17) is 4.74 Å². The number of rotatable bonds is 8. The first-order valence-corrected chi connectivity index (χ1v) is 10.1. The fraction of sp³-hybridized carbons (Fsp3) is 0.435. The van der Waals surface area contributed by atoms with Gasteiger partial charge in [-0.25, -0.2) is 0 Å². The van der Waals surface area contributed by atoms with Crippen molar-refractivity contribution in [2.75, 3.05) is 18.5 Å². The fourth-order valence-corrected chi connectivity index (χ4v) is 3.74. The highest BCUT2D eigenvalue weighted by molar-refractivity contribution is 5.96. The number of amides is 1. The van der Waals surface area contributed by atoms with Crippen molar-refractivity contribution < 1.29 is 9.53 Å². The van der Waals surface area contributed by atoms with E-state index in [1.165, 1.54) is 32.1 Å². The van der Waals surface area contributed by atoms with Crippen LogP contribution in [-0.4, -0.2) is 19.1 Å². The first kappa shape index (κ1) is 19.4. The second-order valence-electron chi connectivity index (χ2n) is 7.17. The van der Waals surface area contributed by atoms with Crippen molar-refractivity contribution in [3.8, 4) is 5.75 Å². The molecule has 3 rings (SSSR count). The SMILES string of the molecule is CCOc1ccccc1NC(=O)[C@H](NCC1CCCCC1)c1ccccc1. The second kappa shape index (κ2) is 10.1. The summed E-state index contributed by atoms with van der Waals surface area (Å²) in [6.07, 6.45) is 6.45. The molecule has 4 heteroatoms. The predicted molar refractivity (Wildman–Crippen MR) is 110 cm³/mol. The number of hydrogen-bond acceptors (Lipinski definition) is 3. The number of carbonyl (C=O) groups is 1. The van der Waals surface area contributed by atoms with E-state index in [-0.39, 0.29) is 11.9 Å². The van der Waals surface area contributed by atoms with E-state index in [9.17, 15) is 4.79 Å². The fourth-order valence-electron chi connectivity index (χ4n) is 3.74. The lowest BCUT2D eigenvalue weighted by Gasteiger charge is -2.25. The number of anilines is 1. The Morgan fingerprint density at radius 3 is 2.48 bits per heavy atom. The summed E-state index contributed by atoms with van der Waals surface area (Å²) >= 11 is 0. The van der Waals surface area contributed by atoms with Gasteiger partial charge in [0.15, 0.2) is 0 Å². The van der Waals surface area contributed by atoms with E-state index in [0.717, 1.165) is 12.1 Å². The molecule has 0 radical (unpaired) electrons. The Bertz CT molecular complexity index is 711. The van der Waals surface area contributed by atoms with E-state index in [2.05, 4.69) is 10.6 Å². The van der Waals surface area contributed by atoms with Crippen LogP contribution in [0.15, 0.2) is 54.6 Å². The van der Waals surface area contributed by atoms with Crippen LogP contribution in [-0.2, 0) is 4.79 Å². The van der Waals surface area contributed by atoms with Gasteiger partial charge >= 0.3 is 0 Å². The Kier molecular flexibility index (Phi) is 7.28. The van der Waals surface area contributed by atoms with E-state index in [1.807, 2.05) is 61.5 Å². The number of benzene rings is 2. The maximum atomic E-state index is 13.1. The van der Waals surface area contributed by atoms with Gasteiger partial charge in [0.25, 0.3) is 0 Å². The zero-order chi connectivity index (χ0) is 18.9. The summed E-state index contributed by atoms with van der Waals surface area (Å²) in [5, 5.41) is 6.58. The summed E-state index contributed by atoms with van der Waals surface area (Å²) in [6, 6.07) is 17.2. The van der Waals surface area contributed by atoms with Crippen LogP contribution in [0.5, 0.6) is 5.75 Å². The highest BCUT2D eigenvalue weighted by Crippen LogP contribution is 2.27. The minimum atomic E-state index is -0.372. The molecule has 0 heterocycles. The zero-order valence-corrected chi connectivity index (χ0v) is 16.1. The highest BCUT2D eigenvalue weighted by Gasteiger charge is 2.23. The van der Waals surface area contributed by atoms with Crippen molar-refractivity contribution in [2.24, 2.45) is 5.92 Å². The Morgan fingerprint density at radius 1 is 1.04 bits per heavy atom. The Morgan fingerprint density at radius 2 is 1.74 bits per heavy atom. The Labute approximate surface area is 162 Å². The molecule has 4 nitrogen and oxygen atoms in total. The van der Waals surface area contributed by atoms with E-state index < -0.39 is 0 Å². The minimum absolute atomic E-state index is 0.0517. The van der Waals surface area contributed by atoms with Crippen LogP contribution in [0, 0.1) is 5.92 Å². The van der Waals surface area contributed by atoms with Crippen molar-refractivity contribution in [3.05, 3.63) is 60.2 Å². The largest absolute Gasteiger partial charge is 0.492 e. The Hall–Kier alpha value is -2.33. The van der Waals surface area contributed by atoms with Crippen LogP contribution in [0.1, 0.15) is 50.6 Å². The van der Waals surface area contributed by atoms with Gasteiger partial charge in [-0.05, 0) is 49.9 Å². The van der Waals surface area contributed by atoms with Gasteiger partial charge in [-0.15, -0.1) is 0 Å². The molecule has 0 bridgehead atoms. The number of hydrogen-bond donors (Lipinski definition) is 2. The second-order valence-corrected chi connectivity index (χ2v) is 7.17. The molecular formula is C23H30N2O2. The third kappa shape index (κ3) is 5.57. The van der Waals surface area contributed by atoms with Crippen LogP contribution >= 0.6 is 0 Å². The molecule has 0 aromatic heterocycles. The summed E-state index contributed by atoms with van der Waals surface area (Å²) in [6.45, 7) is 3.38. The standard InChI is InChI=1S/C23H30N2O2/c1-2-27-21-16-10-9-15-20(21)25-23(26)22(19-13-7-4-8-14-19)24-17-18-11-5-3-6-12-18/h4,7-10,13-16,18,22,24H,2-3,5-6,11-12,17H2,1H3,(H,25,26)/t22-/m1/s1. The van der Waals surface area contributed by atoms with Gasteiger partial charge in [0.05, 0.1) is 12.3 Å². The molecule has 0 aliphatic heterocycles. The summed E-state index contributed by atoms with van der Waals surface area (Å²) < 4.78 is 5.64. The lowest BCUT2D eigenvalue weighted by Crippen LogP contribution is -2.36. The van der Waals surface area contributed by atoms with Gasteiger partial charge < -0.3 is 15.4 Å². The molecule has 1 amide bonds. The van der Waals surface area contributed by atoms with Gasteiger partial charge in [-0.1, -0.05) is 61.7 Å². The topological polar surface area (TPSA) is 50.4 Å². The molecule has 0 unspecified atom stereocenters. The molecule has 27 heavy (non-hydrogen) atoms. The normalized spacial score (nSPS) is 15.9. The van der Waals surface area contributed by atoms with Crippen molar-refractivity contribution in [3.63, 3.8) is 0 Å². The monoisotopic (exact) mass is 366 g/mol. The smallest absolute Gasteiger partial charge is 0.246 e. The molecule has 0 saturated heterocycles. The minimum Gasteiger partial charge on any atom is -0.492 e. The number of para-hydroxylation sites is 2. The van der Waals surface area contributed by atoms with Crippen LogP contribution in [0.3, 0.4) is 0 Å². The molecule has 1 aliphatic rings. The molecule has 2 aromatic rings.